The molecule has 0 aliphatic rings. The standard InChI is InChI=1S/C19H18BrP.C7H5Cl2N.C6H3Cl2NO.C6H18NSi2.K/c1-21(20,17-11-5-2-6-12-17,18-13-7-3-8-14-18)19-15-9-4-10-16-19;1-2-5-3-6(8)7(9)10-4-5;7-5-1-4(3-10)2-9-6(5)8;1-8(2,3)7-9(4,5)6;/h2-16H,1H3;2-4H,1H2;1-3H;1-6H3;/q;;;-1;+1. The zero-order valence-corrected chi connectivity index (χ0v) is 41.0. The van der Waals surface area contributed by atoms with Crippen molar-refractivity contribution < 1.29 is 56.2 Å². The molecule has 5 aromatic rings. The van der Waals surface area contributed by atoms with Gasteiger partial charge in [0.05, 0.1) is 10.0 Å². The molecule has 5 rings (SSSR count). The quantitative estimate of drug-likeness (QED) is 0.0708. The summed E-state index contributed by atoms with van der Waals surface area (Å²) in [5, 5.41) is 2.78. The number of halogens is 5. The fourth-order valence-corrected chi connectivity index (χ4v) is 19.1. The molecule has 2 heterocycles. The van der Waals surface area contributed by atoms with Gasteiger partial charge in [0.15, 0.2) is 6.29 Å². The van der Waals surface area contributed by atoms with E-state index in [1.54, 1.807) is 18.3 Å². The Balaban J connectivity index is 0.000000368. The molecule has 3 aromatic carbocycles. The van der Waals surface area contributed by atoms with Crippen LogP contribution in [0.2, 0.25) is 59.6 Å². The molecule has 0 N–H and O–H groups in total. The summed E-state index contributed by atoms with van der Waals surface area (Å²) in [7, 11) is -2.21. The molecule has 0 unspecified atom stereocenters. The van der Waals surface area contributed by atoms with Crippen LogP contribution < -0.4 is 67.3 Å². The summed E-state index contributed by atoms with van der Waals surface area (Å²) in [5.41, 5.74) is 1.30. The Hall–Kier alpha value is -0.530. The van der Waals surface area contributed by atoms with Crippen LogP contribution in [-0.2, 0) is 0 Å². The van der Waals surface area contributed by atoms with Crippen LogP contribution in [0.5, 0.6) is 0 Å². The fourth-order valence-electron chi connectivity index (χ4n) is 4.85. The molecule has 0 amide bonds. The summed E-state index contributed by atoms with van der Waals surface area (Å²) in [6.07, 6.45) is 5.30. The third-order valence-corrected chi connectivity index (χ3v) is 21.8. The van der Waals surface area contributed by atoms with Crippen molar-refractivity contribution in [3.63, 3.8) is 0 Å². The van der Waals surface area contributed by atoms with Crippen LogP contribution >= 0.6 is 67.2 Å². The molecule has 266 valence electrons. The number of aldehydes is 1. The molecular formula is C38H44BrCl4KN3OPSi2. The number of aromatic nitrogens is 2. The average Bonchev–Trinajstić information content (AvgIpc) is 3.08. The number of benzene rings is 3. The molecule has 0 spiro atoms. The molecule has 0 atom stereocenters. The van der Waals surface area contributed by atoms with Crippen LogP contribution in [0.4, 0.5) is 0 Å². The average molecular weight is 907 g/mol. The Bertz CT molecular complexity index is 1660. The molecule has 0 saturated heterocycles. The Morgan fingerprint density at radius 2 is 0.961 bits per heavy atom. The summed E-state index contributed by atoms with van der Waals surface area (Å²) in [6.45, 7) is 19.7. The maximum Gasteiger partial charge on any atom is 1.00 e. The van der Waals surface area contributed by atoms with Crippen LogP contribution in [-0.4, -0.2) is 39.4 Å². The smallest absolute Gasteiger partial charge is 0.668 e. The van der Waals surface area contributed by atoms with E-state index in [9.17, 15) is 4.79 Å². The van der Waals surface area contributed by atoms with Crippen LogP contribution in [0.25, 0.3) is 10.7 Å². The van der Waals surface area contributed by atoms with Gasteiger partial charge in [-0.2, -0.15) is 0 Å². The number of carbonyl (C=O) groups is 1. The Morgan fingerprint density at radius 1 is 0.647 bits per heavy atom. The van der Waals surface area contributed by atoms with E-state index in [1.807, 2.05) is 0 Å². The van der Waals surface area contributed by atoms with Crippen LogP contribution in [0, 0.1) is 0 Å². The SMILES string of the molecule is C=Cc1cnc(Cl)c(Cl)c1.CP(Br)(c1ccccc1)(c1ccccc1)c1ccccc1.C[Si](C)(C)[N-][Si](C)(C)C.O=Cc1cnc(Cl)c(Cl)c1.[K+]. The van der Waals surface area contributed by atoms with E-state index in [4.69, 9.17) is 51.1 Å². The Morgan fingerprint density at radius 3 is 1.22 bits per heavy atom. The number of carbonyl (C=O) groups excluding carboxylic acids is 1. The largest absolute Gasteiger partial charge is 1.00 e. The second-order valence-corrected chi connectivity index (χ2v) is 34.1. The molecule has 2 aromatic heterocycles. The molecule has 0 saturated carbocycles. The van der Waals surface area contributed by atoms with E-state index in [0.29, 0.717) is 27.0 Å². The zero-order valence-electron chi connectivity index (χ0n) is 30.4. The van der Waals surface area contributed by atoms with E-state index in [-0.39, 0.29) is 56.5 Å². The Labute approximate surface area is 377 Å². The predicted octanol–water partition coefficient (Wildman–Crippen LogP) is 9.72. The molecule has 0 aliphatic heterocycles. The van der Waals surface area contributed by atoms with Gasteiger partial charge < -0.3 is 4.65 Å². The minimum Gasteiger partial charge on any atom is -0.668 e. The molecule has 51 heavy (non-hydrogen) atoms. The zero-order chi connectivity index (χ0) is 37.6. The summed E-state index contributed by atoms with van der Waals surface area (Å²) >= 11 is 26.5. The molecule has 0 radical (unpaired) electrons. The van der Waals surface area contributed by atoms with Crippen molar-refractivity contribution in [1.82, 2.24) is 9.97 Å². The molecule has 13 heteroatoms. The van der Waals surface area contributed by atoms with Crippen molar-refractivity contribution in [2.75, 3.05) is 6.66 Å². The van der Waals surface area contributed by atoms with Crippen molar-refractivity contribution in [3.8, 4) is 0 Å². The van der Waals surface area contributed by atoms with Crippen LogP contribution in [0.3, 0.4) is 0 Å². The first-order valence-corrected chi connectivity index (χ1v) is 28.7. The third kappa shape index (κ3) is 16.0. The van der Waals surface area contributed by atoms with E-state index in [0.717, 1.165) is 5.56 Å². The van der Waals surface area contributed by atoms with Gasteiger partial charge in [0, 0.05) is 18.0 Å². The number of nitrogens with zero attached hydrogens (tertiary/aromatic N) is 3. The van der Waals surface area contributed by atoms with Crippen molar-refractivity contribution in [2.45, 2.75) is 39.3 Å². The summed E-state index contributed by atoms with van der Waals surface area (Å²) in [6, 6.07) is 35.5. The Kier molecular flexibility index (Phi) is 21.0. The minimum atomic E-state index is -2.56. The van der Waals surface area contributed by atoms with E-state index in [1.165, 1.54) is 28.2 Å². The van der Waals surface area contributed by atoms with Crippen molar-refractivity contribution >= 4 is 112 Å². The van der Waals surface area contributed by atoms with Gasteiger partial charge in [-0.3, -0.25) is 4.79 Å². The molecule has 0 aliphatic carbocycles. The first kappa shape index (κ1) is 48.5. The summed E-state index contributed by atoms with van der Waals surface area (Å²) < 4.78 is 4.82. The second kappa shape index (κ2) is 22.1. The van der Waals surface area contributed by atoms with Gasteiger partial charge in [-0.15, -0.1) is 0 Å². The van der Waals surface area contributed by atoms with Gasteiger partial charge >= 0.3 is 186 Å². The maximum absolute atomic E-state index is 10.1. The molecule has 0 bridgehead atoms. The van der Waals surface area contributed by atoms with Gasteiger partial charge in [-0.1, -0.05) is 115 Å². The normalized spacial score (nSPS) is 11.6. The van der Waals surface area contributed by atoms with Crippen molar-refractivity contribution in [2.24, 2.45) is 0 Å². The van der Waals surface area contributed by atoms with Gasteiger partial charge in [0.25, 0.3) is 0 Å². The second-order valence-electron chi connectivity index (χ2n) is 13.3. The maximum atomic E-state index is 10.1. The fraction of sp³-hybridized carbons (Fsp3) is 0.184. The minimum absolute atomic E-state index is 0. The molecule has 4 nitrogen and oxygen atoms in total. The summed E-state index contributed by atoms with van der Waals surface area (Å²) in [4.78, 5) is 17.6. The van der Waals surface area contributed by atoms with Crippen molar-refractivity contribution in [1.29, 1.82) is 0 Å². The molecule has 0 fully saturated rings. The van der Waals surface area contributed by atoms with Gasteiger partial charge in [0.2, 0.25) is 0 Å². The van der Waals surface area contributed by atoms with Gasteiger partial charge in [0.1, 0.15) is 10.3 Å². The van der Waals surface area contributed by atoms with E-state index >= 15 is 0 Å². The number of hydrogen-bond acceptors (Lipinski definition) is 3. The molecular weight excluding hydrogens is 862 g/mol. The van der Waals surface area contributed by atoms with Crippen LogP contribution in [0.1, 0.15) is 15.9 Å². The summed E-state index contributed by atoms with van der Waals surface area (Å²) in [5.74, 6) is 0. The predicted molar refractivity (Wildman–Crippen MR) is 234 cm³/mol. The first-order valence-electron chi connectivity index (χ1n) is 15.6. The number of pyridine rings is 2. The monoisotopic (exact) mass is 903 g/mol. The number of hydrogen-bond donors (Lipinski definition) is 0. The third-order valence-electron chi connectivity index (χ3n) is 6.79. The van der Waals surface area contributed by atoms with E-state index in [2.05, 4.69) is 169 Å². The number of rotatable bonds is 7. The van der Waals surface area contributed by atoms with Gasteiger partial charge in [-0.05, 0) is 17.7 Å². The van der Waals surface area contributed by atoms with Crippen molar-refractivity contribution in [3.05, 3.63) is 158 Å². The van der Waals surface area contributed by atoms with Gasteiger partial charge in [-0.25, -0.2) is 9.97 Å². The van der Waals surface area contributed by atoms with Crippen LogP contribution in [0.15, 0.2) is 122 Å². The van der Waals surface area contributed by atoms with E-state index < -0.39 is 21.8 Å². The first-order chi connectivity index (χ1) is 23.3. The topological polar surface area (TPSA) is 57.0 Å².